The van der Waals surface area contributed by atoms with Crippen LogP contribution in [0.1, 0.15) is 37.3 Å². The fourth-order valence-corrected chi connectivity index (χ4v) is 1.11. The van der Waals surface area contributed by atoms with Gasteiger partial charge in [0.25, 0.3) is 0 Å². The summed E-state index contributed by atoms with van der Waals surface area (Å²) in [5.41, 5.74) is 5.48. The quantitative estimate of drug-likeness (QED) is 0.768. The lowest BCUT2D eigenvalue weighted by Gasteiger charge is -1.96. The lowest BCUT2D eigenvalue weighted by molar-refractivity contribution is 0.449. The predicted octanol–water partition coefficient (Wildman–Crippen LogP) is 2.15. The second-order valence-corrected chi connectivity index (χ2v) is 3.01. The molecule has 0 saturated carbocycles. The van der Waals surface area contributed by atoms with Crippen LogP contribution in [-0.2, 0) is 6.42 Å². The Bertz CT molecular complexity index is 298. The van der Waals surface area contributed by atoms with Crippen molar-refractivity contribution >= 4 is 0 Å². The van der Waals surface area contributed by atoms with Crippen LogP contribution in [0.4, 0.5) is 0 Å². The maximum absolute atomic E-state index is 8.54. The first-order valence-corrected chi connectivity index (χ1v) is 4.51. The topological polar surface area (TPSA) is 63.0 Å². The molecule has 1 rings (SSSR count). The molecule has 3 nitrogen and oxygen atoms in total. The lowest BCUT2D eigenvalue weighted by Crippen LogP contribution is -2.05. The zero-order valence-electron chi connectivity index (χ0n) is 7.79. The molecule has 0 fully saturated rings. The molecule has 0 aliphatic carbocycles. The summed E-state index contributed by atoms with van der Waals surface area (Å²) in [5.74, 6) is 1.48. The molecule has 0 spiro atoms. The van der Waals surface area contributed by atoms with Crippen LogP contribution in [0.25, 0.3) is 0 Å². The smallest absolute Gasteiger partial charge is 0.151 e. The van der Waals surface area contributed by atoms with Crippen molar-refractivity contribution in [3.8, 4) is 6.07 Å². The molecule has 0 aliphatic heterocycles. The Hall–Kier alpha value is -1.27. The summed E-state index contributed by atoms with van der Waals surface area (Å²) in [5, 5.41) is 8.54. The Morgan fingerprint density at radius 3 is 3.00 bits per heavy atom. The van der Waals surface area contributed by atoms with Gasteiger partial charge >= 0.3 is 0 Å². The largest absolute Gasteiger partial charge is 0.463 e. The maximum Gasteiger partial charge on any atom is 0.151 e. The molecule has 0 aliphatic rings. The summed E-state index contributed by atoms with van der Waals surface area (Å²) < 4.78 is 5.39. The van der Waals surface area contributed by atoms with Gasteiger partial charge in [-0.05, 0) is 18.6 Å². The number of nitrogens with two attached hydrogens (primary N) is 1. The van der Waals surface area contributed by atoms with E-state index in [0.29, 0.717) is 5.76 Å². The van der Waals surface area contributed by atoms with Crippen molar-refractivity contribution in [2.45, 2.75) is 32.2 Å². The van der Waals surface area contributed by atoms with Crippen molar-refractivity contribution in [1.82, 2.24) is 0 Å². The molecule has 13 heavy (non-hydrogen) atoms. The molecule has 0 amide bonds. The van der Waals surface area contributed by atoms with E-state index in [1.54, 1.807) is 6.07 Å². The van der Waals surface area contributed by atoms with Gasteiger partial charge in [-0.2, -0.15) is 5.26 Å². The normalized spacial score (nSPS) is 12.4. The molecule has 0 bridgehead atoms. The Labute approximate surface area is 78.1 Å². The average molecular weight is 178 g/mol. The van der Waals surface area contributed by atoms with Gasteiger partial charge in [-0.3, -0.25) is 0 Å². The van der Waals surface area contributed by atoms with Gasteiger partial charge in [0.1, 0.15) is 11.5 Å². The molecule has 1 aromatic heterocycles. The van der Waals surface area contributed by atoms with Crippen molar-refractivity contribution < 1.29 is 4.42 Å². The third kappa shape index (κ3) is 2.60. The zero-order chi connectivity index (χ0) is 9.68. The van der Waals surface area contributed by atoms with Crippen molar-refractivity contribution in [1.29, 1.82) is 5.26 Å². The van der Waals surface area contributed by atoms with E-state index < -0.39 is 6.04 Å². The first-order chi connectivity index (χ1) is 6.27. The van der Waals surface area contributed by atoms with E-state index in [1.165, 1.54) is 0 Å². The molecule has 0 radical (unpaired) electrons. The van der Waals surface area contributed by atoms with Crippen LogP contribution in [0.5, 0.6) is 0 Å². The highest BCUT2D eigenvalue weighted by Crippen LogP contribution is 2.15. The number of unbranched alkanes of at least 4 members (excludes halogenated alkanes) is 1. The Kier molecular flexibility index (Phi) is 3.53. The summed E-state index contributed by atoms with van der Waals surface area (Å²) in [4.78, 5) is 0. The molecule has 1 unspecified atom stereocenters. The third-order valence-electron chi connectivity index (χ3n) is 1.90. The number of hydrogen-bond acceptors (Lipinski definition) is 3. The van der Waals surface area contributed by atoms with Crippen LogP contribution in [0.15, 0.2) is 16.5 Å². The SMILES string of the molecule is CCCCc1ccc(C(N)C#N)o1. The zero-order valence-corrected chi connectivity index (χ0v) is 7.79. The van der Waals surface area contributed by atoms with E-state index in [4.69, 9.17) is 15.4 Å². The van der Waals surface area contributed by atoms with Crippen LogP contribution < -0.4 is 5.73 Å². The Balaban J connectivity index is 2.59. The molecule has 70 valence electrons. The second-order valence-electron chi connectivity index (χ2n) is 3.01. The highest BCUT2D eigenvalue weighted by Gasteiger charge is 2.08. The molecule has 1 atom stereocenters. The summed E-state index contributed by atoms with van der Waals surface area (Å²) in [7, 11) is 0. The van der Waals surface area contributed by atoms with Gasteiger partial charge in [0.05, 0.1) is 6.07 Å². The standard InChI is InChI=1S/C10H14N2O/c1-2-3-4-8-5-6-10(13-8)9(12)7-11/h5-6,9H,2-4,12H2,1H3. The Morgan fingerprint density at radius 2 is 2.38 bits per heavy atom. The molecule has 3 heteroatoms. The highest BCUT2D eigenvalue weighted by molar-refractivity contribution is 5.15. The summed E-state index contributed by atoms with van der Waals surface area (Å²) in [6.07, 6.45) is 3.17. The van der Waals surface area contributed by atoms with E-state index >= 15 is 0 Å². The van der Waals surface area contributed by atoms with Gasteiger partial charge in [0, 0.05) is 6.42 Å². The van der Waals surface area contributed by atoms with Gasteiger partial charge < -0.3 is 10.2 Å². The number of furan rings is 1. The summed E-state index contributed by atoms with van der Waals surface area (Å²) in [6.45, 7) is 2.13. The number of hydrogen-bond donors (Lipinski definition) is 1. The molecule has 0 aromatic carbocycles. The molecule has 2 N–H and O–H groups in total. The van der Waals surface area contributed by atoms with Gasteiger partial charge in [-0.15, -0.1) is 0 Å². The minimum absolute atomic E-state index is 0.564. The third-order valence-corrected chi connectivity index (χ3v) is 1.90. The molecule has 1 heterocycles. The van der Waals surface area contributed by atoms with Crippen LogP contribution in [0.3, 0.4) is 0 Å². The van der Waals surface area contributed by atoms with Crippen LogP contribution >= 0.6 is 0 Å². The van der Waals surface area contributed by atoms with E-state index in [-0.39, 0.29) is 0 Å². The molecular formula is C10H14N2O. The van der Waals surface area contributed by atoms with Crippen molar-refractivity contribution in [2.24, 2.45) is 5.73 Å². The van der Waals surface area contributed by atoms with E-state index in [0.717, 1.165) is 25.0 Å². The fourth-order valence-electron chi connectivity index (χ4n) is 1.11. The van der Waals surface area contributed by atoms with Gasteiger partial charge in [-0.25, -0.2) is 0 Å². The predicted molar refractivity (Wildman–Crippen MR) is 49.9 cm³/mol. The van der Waals surface area contributed by atoms with Crippen molar-refractivity contribution in [3.05, 3.63) is 23.7 Å². The molecule has 1 aromatic rings. The summed E-state index contributed by atoms with van der Waals surface area (Å²) >= 11 is 0. The lowest BCUT2D eigenvalue weighted by atomic mass is 10.2. The monoisotopic (exact) mass is 178 g/mol. The minimum Gasteiger partial charge on any atom is -0.463 e. The number of nitrogens with zero attached hydrogens (tertiary/aromatic N) is 1. The first kappa shape index (κ1) is 9.82. The highest BCUT2D eigenvalue weighted by atomic mass is 16.3. The van der Waals surface area contributed by atoms with Crippen LogP contribution in [0.2, 0.25) is 0 Å². The maximum atomic E-state index is 8.54. The van der Waals surface area contributed by atoms with E-state index in [1.807, 2.05) is 12.1 Å². The van der Waals surface area contributed by atoms with Gasteiger partial charge in [0.2, 0.25) is 0 Å². The average Bonchev–Trinajstić information content (AvgIpc) is 2.62. The minimum atomic E-state index is -0.629. The van der Waals surface area contributed by atoms with Gasteiger partial charge in [-0.1, -0.05) is 13.3 Å². The van der Waals surface area contributed by atoms with E-state index in [9.17, 15) is 0 Å². The number of rotatable bonds is 4. The van der Waals surface area contributed by atoms with Gasteiger partial charge in [0.15, 0.2) is 6.04 Å². The molecular weight excluding hydrogens is 164 g/mol. The fraction of sp³-hybridized carbons (Fsp3) is 0.500. The van der Waals surface area contributed by atoms with Crippen molar-refractivity contribution in [3.63, 3.8) is 0 Å². The number of aryl methyl sites for hydroxylation is 1. The summed E-state index contributed by atoms with van der Waals surface area (Å²) in [6, 6.07) is 4.97. The van der Waals surface area contributed by atoms with Crippen LogP contribution in [-0.4, -0.2) is 0 Å². The van der Waals surface area contributed by atoms with E-state index in [2.05, 4.69) is 6.92 Å². The molecule has 0 saturated heterocycles. The van der Waals surface area contributed by atoms with Crippen molar-refractivity contribution in [2.75, 3.05) is 0 Å². The number of nitriles is 1. The van der Waals surface area contributed by atoms with Crippen LogP contribution in [0, 0.1) is 11.3 Å². The Morgan fingerprint density at radius 1 is 1.62 bits per heavy atom. The second kappa shape index (κ2) is 4.68. The first-order valence-electron chi connectivity index (χ1n) is 4.51.